The number of nitrogens with zero attached hydrogens (tertiary/aromatic N) is 1. The minimum Gasteiger partial charge on any atom is -0.374 e. The van der Waals surface area contributed by atoms with Gasteiger partial charge in [-0.05, 0) is 32.4 Å². The van der Waals surface area contributed by atoms with Crippen molar-refractivity contribution in [3.8, 4) is 0 Å². The van der Waals surface area contributed by atoms with Crippen LogP contribution in [0, 0.1) is 0 Å². The van der Waals surface area contributed by atoms with Crippen LogP contribution in [0.1, 0.15) is 72.1 Å². The van der Waals surface area contributed by atoms with Crippen molar-refractivity contribution in [1.29, 1.82) is 0 Å². The molecule has 126 valence electrons. The molecule has 1 aliphatic rings. The van der Waals surface area contributed by atoms with E-state index in [1.165, 1.54) is 57.9 Å². The number of ether oxygens (including phenoxy) is 1. The first kappa shape index (κ1) is 18.9. The van der Waals surface area contributed by atoms with E-state index >= 15 is 0 Å². The first-order chi connectivity index (χ1) is 10.3. The van der Waals surface area contributed by atoms with Crippen LogP contribution in [0.2, 0.25) is 0 Å². The fourth-order valence-corrected chi connectivity index (χ4v) is 3.21. The molecule has 1 N–H and O–H groups in total. The molecule has 0 amide bonds. The Morgan fingerprint density at radius 2 is 1.86 bits per heavy atom. The Labute approximate surface area is 132 Å². The molecule has 0 aromatic rings. The highest BCUT2D eigenvalue weighted by Gasteiger charge is 2.27. The molecule has 0 saturated carbocycles. The molecule has 2 unspecified atom stereocenters. The van der Waals surface area contributed by atoms with Gasteiger partial charge in [0.2, 0.25) is 0 Å². The van der Waals surface area contributed by atoms with Gasteiger partial charge in [0.05, 0.1) is 12.7 Å². The summed E-state index contributed by atoms with van der Waals surface area (Å²) < 4.78 is 6.09. The summed E-state index contributed by atoms with van der Waals surface area (Å²) in [6.07, 6.45) is 10.9. The van der Waals surface area contributed by atoms with Gasteiger partial charge in [-0.3, -0.25) is 4.90 Å². The molecular formula is C18H38N2O. The van der Waals surface area contributed by atoms with Crippen LogP contribution in [0.5, 0.6) is 0 Å². The van der Waals surface area contributed by atoms with E-state index in [9.17, 15) is 0 Å². The minimum absolute atomic E-state index is 0.392. The lowest BCUT2D eigenvalue weighted by Gasteiger charge is -2.37. The van der Waals surface area contributed by atoms with E-state index in [0.717, 1.165) is 26.2 Å². The van der Waals surface area contributed by atoms with Crippen molar-refractivity contribution in [2.75, 3.05) is 32.8 Å². The van der Waals surface area contributed by atoms with Crippen molar-refractivity contribution in [2.24, 2.45) is 0 Å². The fraction of sp³-hybridized carbons (Fsp3) is 1.00. The lowest BCUT2D eigenvalue weighted by atomic mass is 10.0. The van der Waals surface area contributed by atoms with Gasteiger partial charge in [0.15, 0.2) is 0 Å². The van der Waals surface area contributed by atoms with Gasteiger partial charge in [0, 0.05) is 19.1 Å². The zero-order valence-corrected chi connectivity index (χ0v) is 14.7. The van der Waals surface area contributed by atoms with E-state index in [0.29, 0.717) is 12.1 Å². The number of nitrogens with one attached hydrogen (secondary N) is 1. The summed E-state index contributed by atoms with van der Waals surface area (Å²) in [7, 11) is 0. The van der Waals surface area contributed by atoms with Gasteiger partial charge in [-0.1, -0.05) is 52.9 Å². The second-order valence-electron chi connectivity index (χ2n) is 6.47. The van der Waals surface area contributed by atoms with Crippen LogP contribution < -0.4 is 5.32 Å². The summed E-state index contributed by atoms with van der Waals surface area (Å²) in [5, 5.41) is 3.74. The van der Waals surface area contributed by atoms with E-state index in [4.69, 9.17) is 4.74 Å². The van der Waals surface area contributed by atoms with E-state index in [-0.39, 0.29) is 0 Å². The van der Waals surface area contributed by atoms with Gasteiger partial charge in [-0.2, -0.15) is 0 Å². The van der Waals surface area contributed by atoms with Crippen molar-refractivity contribution in [1.82, 2.24) is 10.2 Å². The number of morpholine rings is 1. The highest BCUT2D eigenvalue weighted by atomic mass is 16.5. The Morgan fingerprint density at radius 3 is 2.57 bits per heavy atom. The van der Waals surface area contributed by atoms with Gasteiger partial charge in [0.25, 0.3) is 0 Å². The third kappa shape index (κ3) is 8.18. The van der Waals surface area contributed by atoms with E-state index in [2.05, 4.69) is 31.0 Å². The highest BCUT2D eigenvalue weighted by molar-refractivity contribution is 4.83. The molecule has 0 radical (unpaired) electrons. The summed E-state index contributed by atoms with van der Waals surface area (Å²) in [6.45, 7) is 12.3. The smallest absolute Gasteiger partial charge is 0.0855 e. The van der Waals surface area contributed by atoms with Gasteiger partial charge >= 0.3 is 0 Å². The molecule has 0 bridgehead atoms. The Hall–Kier alpha value is -0.120. The van der Waals surface area contributed by atoms with Crippen LogP contribution in [-0.2, 0) is 4.74 Å². The standard InChI is InChI=1S/C18H38N2O/c1-4-7-8-9-10-11-17(19-12-5-2)18-16-20(13-6-3)14-15-21-18/h17-19H,4-16H2,1-3H3. The third-order valence-electron chi connectivity index (χ3n) is 4.44. The normalized spacial score (nSPS) is 21.6. The van der Waals surface area contributed by atoms with Crippen LogP contribution in [0.3, 0.4) is 0 Å². The summed E-state index contributed by atoms with van der Waals surface area (Å²) in [5.74, 6) is 0. The molecular weight excluding hydrogens is 260 g/mol. The zero-order valence-electron chi connectivity index (χ0n) is 14.7. The van der Waals surface area contributed by atoms with Crippen LogP contribution in [0.4, 0.5) is 0 Å². The van der Waals surface area contributed by atoms with Gasteiger partial charge in [-0.15, -0.1) is 0 Å². The molecule has 0 aromatic carbocycles. The van der Waals surface area contributed by atoms with E-state index in [1.54, 1.807) is 0 Å². The summed E-state index contributed by atoms with van der Waals surface area (Å²) in [6, 6.07) is 0.547. The Balaban J connectivity index is 2.35. The molecule has 3 nitrogen and oxygen atoms in total. The number of unbranched alkanes of at least 4 members (excludes halogenated alkanes) is 4. The first-order valence-electron chi connectivity index (χ1n) is 9.39. The average Bonchev–Trinajstić information content (AvgIpc) is 2.51. The summed E-state index contributed by atoms with van der Waals surface area (Å²) >= 11 is 0. The topological polar surface area (TPSA) is 24.5 Å². The highest BCUT2D eigenvalue weighted by Crippen LogP contribution is 2.15. The maximum absolute atomic E-state index is 6.09. The van der Waals surface area contributed by atoms with E-state index < -0.39 is 0 Å². The molecule has 1 aliphatic heterocycles. The zero-order chi connectivity index (χ0) is 15.3. The van der Waals surface area contributed by atoms with Gasteiger partial charge < -0.3 is 10.1 Å². The molecule has 0 aromatic heterocycles. The van der Waals surface area contributed by atoms with Crippen molar-refractivity contribution < 1.29 is 4.74 Å². The number of hydrogen-bond acceptors (Lipinski definition) is 3. The quantitative estimate of drug-likeness (QED) is 0.554. The van der Waals surface area contributed by atoms with Crippen molar-refractivity contribution in [2.45, 2.75) is 84.3 Å². The van der Waals surface area contributed by atoms with Crippen LogP contribution in [-0.4, -0.2) is 49.8 Å². The van der Waals surface area contributed by atoms with Crippen molar-refractivity contribution >= 4 is 0 Å². The SMILES string of the molecule is CCCCCCCC(NCCC)C1CN(CCC)CCO1. The molecule has 1 heterocycles. The fourth-order valence-electron chi connectivity index (χ4n) is 3.21. The summed E-state index contributed by atoms with van der Waals surface area (Å²) in [4.78, 5) is 2.58. The maximum Gasteiger partial charge on any atom is 0.0855 e. The second kappa shape index (κ2) is 12.4. The second-order valence-corrected chi connectivity index (χ2v) is 6.47. The average molecular weight is 299 g/mol. The van der Waals surface area contributed by atoms with Crippen LogP contribution >= 0.6 is 0 Å². The molecule has 0 aliphatic carbocycles. The van der Waals surface area contributed by atoms with Crippen LogP contribution in [0.15, 0.2) is 0 Å². The monoisotopic (exact) mass is 298 g/mol. The molecule has 0 spiro atoms. The number of rotatable bonds is 12. The van der Waals surface area contributed by atoms with Gasteiger partial charge in [0.1, 0.15) is 0 Å². The lowest BCUT2D eigenvalue weighted by Crippen LogP contribution is -2.52. The molecule has 2 atom stereocenters. The largest absolute Gasteiger partial charge is 0.374 e. The molecule has 1 saturated heterocycles. The number of hydrogen-bond donors (Lipinski definition) is 1. The maximum atomic E-state index is 6.09. The van der Waals surface area contributed by atoms with E-state index in [1.807, 2.05) is 0 Å². The van der Waals surface area contributed by atoms with Gasteiger partial charge in [-0.25, -0.2) is 0 Å². The summed E-state index contributed by atoms with van der Waals surface area (Å²) in [5.41, 5.74) is 0. The van der Waals surface area contributed by atoms with Crippen molar-refractivity contribution in [3.05, 3.63) is 0 Å². The Kier molecular flexibility index (Phi) is 11.2. The lowest BCUT2D eigenvalue weighted by molar-refractivity contribution is -0.0478. The molecule has 1 rings (SSSR count). The Bertz CT molecular complexity index is 233. The molecule has 21 heavy (non-hydrogen) atoms. The Morgan fingerprint density at radius 1 is 1.05 bits per heavy atom. The van der Waals surface area contributed by atoms with Crippen LogP contribution in [0.25, 0.3) is 0 Å². The predicted octanol–water partition coefficient (Wildman–Crippen LogP) is 3.83. The first-order valence-corrected chi connectivity index (χ1v) is 9.39. The molecule has 3 heteroatoms. The predicted molar refractivity (Wildman–Crippen MR) is 91.9 cm³/mol. The third-order valence-corrected chi connectivity index (χ3v) is 4.44. The molecule has 1 fully saturated rings. The minimum atomic E-state index is 0.392. The van der Waals surface area contributed by atoms with Crippen molar-refractivity contribution in [3.63, 3.8) is 0 Å².